The maximum Gasteiger partial charge on any atom is 0.252 e. The molecule has 0 fully saturated rings. The fraction of sp³-hybridized carbons (Fsp3) is 0.357. The molecular weight excluding hydrogens is 246 g/mol. The van der Waals surface area contributed by atoms with Crippen molar-refractivity contribution in [1.29, 1.82) is 0 Å². The number of hydrogen-bond acceptors (Lipinski definition) is 3. The van der Waals surface area contributed by atoms with Gasteiger partial charge in [-0.1, -0.05) is 17.9 Å². The van der Waals surface area contributed by atoms with Gasteiger partial charge in [-0.3, -0.25) is 4.79 Å². The molecule has 0 aliphatic carbocycles. The van der Waals surface area contributed by atoms with E-state index in [1.165, 1.54) is 0 Å². The third-order valence-corrected chi connectivity index (χ3v) is 2.93. The average molecular weight is 263 g/mol. The Morgan fingerprint density at radius 2 is 2.28 bits per heavy atom. The Bertz CT molecular complexity index is 474. The first-order valence-electron chi connectivity index (χ1n) is 5.66. The Morgan fingerprint density at radius 1 is 1.50 bits per heavy atom. The predicted molar refractivity (Wildman–Crippen MR) is 75.9 cm³/mol. The molecule has 1 aromatic rings. The molecule has 96 valence electrons. The largest absolute Gasteiger partial charge is 0.384 e. The minimum Gasteiger partial charge on any atom is -0.384 e. The number of thioether (sulfide) groups is 1. The number of rotatable bonds is 4. The minimum absolute atomic E-state index is 0.119. The Hall–Kier alpha value is -1.44. The lowest BCUT2D eigenvalue weighted by Crippen LogP contribution is -2.26. The summed E-state index contributed by atoms with van der Waals surface area (Å²) in [7, 11) is 0. The van der Waals surface area contributed by atoms with Gasteiger partial charge in [-0.25, -0.2) is 0 Å². The molecule has 0 bridgehead atoms. The number of amides is 1. The molecule has 0 aromatic heterocycles. The summed E-state index contributed by atoms with van der Waals surface area (Å²) in [6.07, 6.45) is 2.00. The number of carbonyl (C=O) groups excluding carboxylic acids is 1. The SMILES string of the molecule is CSCCNC(=O)c1ccc(C)cc1C#CCO. The van der Waals surface area contributed by atoms with E-state index in [0.717, 1.165) is 11.3 Å². The van der Waals surface area contributed by atoms with Gasteiger partial charge in [0.05, 0.1) is 5.56 Å². The highest BCUT2D eigenvalue weighted by molar-refractivity contribution is 7.98. The quantitative estimate of drug-likeness (QED) is 0.638. The lowest BCUT2D eigenvalue weighted by molar-refractivity contribution is 0.0956. The van der Waals surface area contributed by atoms with Crippen molar-refractivity contribution in [3.63, 3.8) is 0 Å². The normalized spacial score (nSPS) is 9.50. The number of benzene rings is 1. The summed E-state index contributed by atoms with van der Waals surface area (Å²) in [6.45, 7) is 2.38. The fourth-order valence-electron chi connectivity index (χ4n) is 1.46. The van der Waals surface area contributed by atoms with E-state index in [2.05, 4.69) is 17.2 Å². The zero-order valence-electron chi connectivity index (χ0n) is 10.6. The van der Waals surface area contributed by atoms with Crippen LogP contribution in [0.2, 0.25) is 0 Å². The van der Waals surface area contributed by atoms with Crippen LogP contribution in [0.15, 0.2) is 18.2 Å². The van der Waals surface area contributed by atoms with Crippen molar-refractivity contribution in [2.75, 3.05) is 25.2 Å². The van der Waals surface area contributed by atoms with Crippen molar-refractivity contribution in [1.82, 2.24) is 5.32 Å². The molecule has 0 atom stereocenters. The molecule has 0 radical (unpaired) electrons. The highest BCUT2D eigenvalue weighted by atomic mass is 32.2. The molecule has 0 aliphatic heterocycles. The maximum atomic E-state index is 12.0. The smallest absolute Gasteiger partial charge is 0.252 e. The molecule has 0 saturated carbocycles. The topological polar surface area (TPSA) is 49.3 Å². The van der Waals surface area contributed by atoms with Crippen molar-refractivity contribution in [3.05, 3.63) is 34.9 Å². The Kier molecular flexibility index (Phi) is 6.34. The zero-order valence-corrected chi connectivity index (χ0v) is 11.4. The second kappa shape index (κ2) is 7.80. The first-order chi connectivity index (χ1) is 8.69. The van der Waals surface area contributed by atoms with Crippen LogP contribution in [-0.4, -0.2) is 36.2 Å². The number of aliphatic hydroxyl groups is 1. The molecule has 0 spiro atoms. The van der Waals surface area contributed by atoms with Crippen molar-refractivity contribution in [3.8, 4) is 11.8 Å². The van der Waals surface area contributed by atoms with E-state index in [9.17, 15) is 4.79 Å². The summed E-state index contributed by atoms with van der Waals surface area (Å²) in [6, 6.07) is 5.50. The summed E-state index contributed by atoms with van der Waals surface area (Å²) >= 11 is 1.68. The van der Waals surface area contributed by atoms with Crippen LogP contribution in [0.4, 0.5) is 0 Å². The number of hydrogen-bond donors (Lipinski definition) is 2. The molecule has 18 heavy (non-hydrogen) atoms. The van der Waals surface area contributed by atoms with E-state index in [-0.39, 0.29) is 12.5 Å². The van der Waals surface area contributed by atoms with Gasteiger partial charge in [0.25, 0.3) is 5.91 Å². The second-order valence-electron chi connectivity index (χ2n) is 3.76. The van der Waals surface area contributed by atoms with Gasteiger partial charge in [-0.15, -0.1) is 0 Å². The predicted octanol–water partition coefficient (Wildman–Crippen LogP) is 1.43. The molecule has 0 aliphatic rings. The van der Waals surface area contributed by atoms with Gasteiger partial charge in [0.15, 0.2) is 0 Å². The summed E-state index contributed by atoms with van der Waals surface area (Å²) in [4.78, 5) is 12.0. The number of aryl methyl sites for hydroxylation is 1. The lowest BCUT2D eigenvalue weighted by atomic mass is 10.0. The average Bonchev–Trinajstić information content (AvgIpc) is 2.36. The molecular formula is C14H17NO2S. The van der Waals surface area contributed by atoms with Gasteiger partial charge in [-0.2, -0.15) is 11.8 Å². The molecule has 2 N–H and O–H groups in total. The monoisotopic (exact) mass is 263 g/mol. The Labute approximate surface area is 112 Å². The molecule has 0 unspecified atom stereocenters. The fourth-order valence-corrected chi connectivity index (χ4v) is 1.76. The third kappa shape index (κ3) is 4.44. The van der Waals surface area contributed by atoms with E-state index in [1.54, 1.807) is 17.8 Å². The lowest BCUT2D eigenvalue weighted by Gasteiger charge is -2.07. The summed E-state index contributed by atoms with van der Waals surface area (Å²) in [5, 5.41) is 11.6. The second-order valence-corrected chi connectivity index (χ2v) is 4.74. The van der Waals surface area contributed by atoms with Crippen molar-refractivity contribution < 1.29 is 9.90 Å². The summed E-state index contributed by atoms with van der Waals surface area (Å²) in [5.41, 5.74) is 2.26. The van der Waals surface area contributed by atoms with Gasteiger partial charge >= 0.3 is 0 Å². The van der Waals surface area contributed by atoms with Crippen LogP contribution >= 0.6 is 11.8 Å². The molecule has 1 amide bonds. The van der Waals surface area contributed by atoms with Crippen molar-refractivity contribution in [2.45, 2.75) is 6.92 Å². The van der Waals surface area contributed by atoms with Gasteiger partial charge in [0.1, 0.15) is 6.61 Å². The van der Waals surface area contributed by atoms with Crippen LogP contribution in [0.3, 0.4) is 0 Å². The first kappa shape index (κ1) is 14.6. The van der Waals surface area contributed by atoms with E-state index in [4.69, 9.17) is 5.11 Å². The van der Waals surface area contributed by atoms with Crippen LogP contribution in [0, 0.1) is 18.8 Å². The van der Waals surface area contributed by atoms with Crippen molar-refractivity contribution >= 4 is 17.7 Å². The molecule has 1 rings (SSSR count). The van der Waals surface area contributed by atoms with Gasteiger partial charge in [0, 0.05) is 17.9 Å². The van der Waals surface area contributed by atoms with Crippen molar-refractivity contribution in [2.24, 2.45) is 0 Å². The Balaban J connectivity index is 2.89. The summed E-state index contributed by atoms with van der Waals surface area (Å²) < 4.78 is 0. The van der Waals surface area contributed by atoms with Gasteiger partial charge in [0.2, 0.25) is 0 Å². The van der Waals surface area contributed by atoms with Crippen LogP contribution in [0.25, 0.3) is 0 Å². The van der Waals surface area contributed by atoms with E-state index < -0.39 is 0 Å². The molecule has 1 aromatic carbocycles. The molecule has 4 heteroatoms. The standard InChI is InChI=1S/C14H17NO2S/c1-11-5-6-13(12(10-11)4-3-8-16)14(17)15-7-9-18-2/h5-6,10,16H,7-9H2,1-2H3,(H,15,17). The minimum atomic E-state index is -0.207. The van der Waals surface area contributed by atoms with Crippen LogP contribution in [0.1, 0.15) is 21.5 Å². The van der Waals surface area contributed by atoms with E-state index in [0.29, 0.717) is 17.7 Å². The van der Waals surface area contributed by atoms with E-state index in [1.807, 2.05) is 25.3 Å². The van der Waals surface area contributed by atoms with Crippen LogP contribution < -0.4 is 5.32 Å². The van der Waals surface area contributed by atoms with Gasteiger partial charge < -0.3 is 10.4 Å². The van der Waals surface area contributed by atoms with E-state index >= 15 is 0 Å². The Morgan fingerprint density at radius 3 is 2.94 bits per heavy atom. The van der Waals surface area contributed by atoms with Gasteiger partial charge in [-0.05, 0) is 30.9 Å². The third-order valence-electron chi connectivity index (χ3n) is 2.31. The zero-order chi connectivity index (χ0) is 13.4. The van der Waals surface area contributed by atoms with Crippen LogP contribution in [-0.2, 0) is 0 Å². The van der Waals surface area contributed by atoms with Crippen LogP contribution in [0.5, 0.6) is 0 Å². The highest BCUT2D eigenvalue weighted by Gasteiger charge is 2.09. The highest BCUT2D eigenvalue weighted by Crippen LogP contribution is 2.10. The molecule has 3 nitrogen and oxygen atoms in total. The maximum absolute atomic E-state index is 12.0. The molecule has 0 heterocycles. The number of carbonyl (C=O) groups is 1. The molecule has 0 saturated heterocycles. The number of nitrogens with one attached hydrogen (secondary N) is 1. The summed E-state index contributed by atoms with van der Waals surface area (Å²) in [5.74, 6) is 6.15. The number of aliphatic hydroxyl groups excluding tert-OH is 1. The first-order valence-corrected chi connectivity index (χ1v) is 7.06.